The van der Waals surface area contributed by atoms with Crippen molar-refractivity contribution in [2.75, 3.05) is 5.32 Å². The second kappa shape index (κ2) is 8.35. The number of hydrogen-bond acceptors (Lipinski definition) is 4. The summed E-state index contributed by atoms with van der Waals surface area (Å²) in [4.78, 5) is 0. The van der Waals surface area contributed by atoms with Gasteiger partial charge in [-0.15, -0.1) is 10.2 Å². The maximum atomic E-state index is 4.21. The monoisotopic (exact) mass is 284 g/mol. The lowest BCUT2D eigenvalue weighted by molar-refractivity contribution is 0.657. The number of anilines is 2. The van der Waals surface area contributed by atoms with E-state index in [0.717, 1.165) is 30.0 Å². The first kappa shape index (κ1) is 15.4. The minimum Gasteiger partial charge on any atom is -0.338 e. The Morgan fingerprint density at radius 3 is 2.48 bits per heavy atom. The third kappa shape index (κ3) is 4.52. The number of nitrogens with one attached hydrogen (secondary N) is 1. The molecule has 0 spiro atoms. The van der Waals surface area contributed by atoms with E-state index < -0.39 is 0 Å². The lowest BCUT2D eigenvalue weighted by Gasteiger charge is -2.12. The highest BCUT2D eigenvalue weighted by atomic mass is 15.3. The van der Waals surface area contributed by atoms with Crippen LogP contribution in [0.3, 0.4) is 0 Å². The first-order chi connectivity index (χ1) is 10.3. The second-order valence-electron chi connectivity index (χ2n) is 5.22. The summed E-state index contributed by atoms with van der Waals surface area (Å²) >= 11 is 0. The van der Waals surface area contributed by atoms with Crippen LogP contribution < -0.4 is 5.32 Å². The molecule has 1 heterocycles. The van der Waals surface area contributed by atoms with E-state index in [9.17, 15) is 0 Å². The molecule has 0 saturated carbocycles. The van der Waals surface area contributed by atoms with E-state index in [1.807, 2.05) is 30.3 Å². The van der Waals surface area contributed by atoms with Crippen molar-refractivity contribution in [3.63, 3.8) is 0 Å². The highest BCUT2D eigenvalue weighted by Crippen LogP contribution is 2.22. The van der Waals surface area contributed by atoms with E-state index >= 15 is 0 Å². The number of nitrogens with zero attached hydrogens (tertiary/aromatic N) is 3. The fraction of sp³-hybridized carbons (Fsp3) is 0.471. The Morgan fingerprint density at radius 2 is 1.76 bits per heavy atom. The van der Waals surface area contributed by atoms with Gasteiger partial charge in [0.1, 0.15) is 0 Å². The van der Waals surface area contributed by atoms with Crippen LogP contribution in [0.5, 0.6) is 0 Å². The molecule has 2 rings (SSSR count). The average Bonchev–Trinajstić information content (AvgIpc) is 2.53. The summed E-state index contributed by atoms with van der Waals surface area (Å²) in [6.07, 6.45) is 6.88. The molecular formula is C17H24N4. The number of para-hydroxylation sites is 1. The summed E-state index contributed by atoms with van der Waals surface area (Å²) in [5.41, 5.74) is 3.31. The van der Waals surface area contributed by atoms with Gasteiger partial charge in [0.05, 0.1) is 5.69 Å². The molecule has 2 aromatic rings. The third-order valence-electron chi connectivity index (χ3n) is 3.60. The summed E-state index contributed by atoms with van der Waals surface area (Å²) in [5.74, 6) is 0.851. The van der Waals surface area contributed by atoms with E-state index in [-0.39, 0.29) is 0 Å². The van der Waals surface area contributed by atoms with Gasteiger partial charge in [-0.1, -0.05) is 51.3 Å². The van der Waals surface area contributed by atoms with Gasteiger partial charge in [0.2, 0.25) is 0 Å². The molecule has 0 aliphatic carbocycles. The predicted molar refractivity (Wildman–Crippen MR) is 86.8 cm³/mol. The molecule has 112 valence electrons. The van der Waals surface area contributed by atoms with Gasteiger partial charge in [-0.25, -0.2) is 0 Å². The molecule has 0 bridgehead atoms. The van der Waals surface area contributed by atoms with Crippen molar-refractivity contribution in [3.8, 4) is 0 Å². The van der Waals surface area contributed by atoms with Gasteiger partial charge in [0.25, 0.3) is 0 Å². The maximum absolute atomic E-state index is 4.21. The van der Waals surface area contributed by atoms with Gasteiger partial charge in [-0.2, -0.15) is 0 Å². The smallest absolute Gasteiger partial charge is 0.159 e. The molecule has 21 heavy (non-hydrogen) atoms. The summed E-state index contributed by atoms with van der Waals surface area (Å²) in [6.45, 7) is 4.35. The number of benzene rings is 1. The molecule has 1 N–H and O–H groups in total. The highest BCUT2D eigenvalue weighted by Gasteiger charge is 2.11. The number of rotatable bonds is 8. The van der Waals surface area contributed by atoms with Crippen LogP contribution in [0.1, 0.15) is 50.8 Å². The molecular weight excluding hydrogens is 260 g/mol. The van der Waals surface area contributed by atoms with Crippen molar-refractivity contribution in [2.24, 2.45) is 0 Å². The van der Waals surface area contributed by atoms with Crippen LogP contribution >= 0.6 is 0 Å². The summed E-state index contributed by atoms with van der Waals surface area (Å²) in [5, 5.41) is 15.7. The Balaban J connectivity index is 2.15. The molecule has 4 heteroatoms. The van der Waals surface area contributed by atoms with Gasteiger partial charge in [-0.05, 0) is 36.6 Å². The van der Waals surface area contributed by atoms with E-state index in [1.54, 1.807) is 0 Å². The standard InChI is InChI=1S/C17H24N4/c1-3-5-6-10-13-15-16(4-2)19-21-20-17(15)18-14-11-8-7-9-12-14/h7-9,11-12H,3-6,10,13H2,1-2H3,(H,18,19,20). The largest absolute Gasteiger partial charge is 0.338 e. The molecule has 0 atom stereocenters. The molecule has 0 saturated heterocycles. The predicted octanol–water partition coefficient (Wildman–Crippen LogP) is 4.30. The van der Waals surface area contributed by atoms with Crippen LogP contribution in [-0.4, -0.2) is 15.4 Å². The first-order valence-corrected chi connectivity index (χ1v) is 7.88. The zero-order valence-electron chi connectivity index (χ0n) is 13.0. The Hall–Kier alpha value is -1.97. The summed E-state index contributed by atoms with van der Waals surface area (Å²) in [7, 11) is 0. The lowest BCUT2D eigenvalue weighted by Crippen LogP contribution is -2.08. The SMILES string of the molecule is CCCCCCc1c(CC)nnnc1Nc1ccccc1. The van der Waals surface area contributed by atoms with Crippen molar-refractivity contribution in [3.05, 3.63) is 41.6 Å². The Bertz CT molecular complexity index is 540. The van der Waals surface area contributed by atoms with Crippen molar-refractivity contribution >= 4 is 11.5 Å². The van der Waals surface area contributed by atoms with Crippen LogP contribution in [-0.2, 0) is 12.8 Å². The molecule has 0 amide bonds. The van der Waals surface area contributed by atoms with Gasteiger partial charge < -0.3 is 5.32 Å². The Labute approximate surface area is 127 Å². The number of hydrogen-bond donors (Lipinski definition) is 1. The second-order valence-corrected chi connectivity index (χ2v) is 5.22. The summed E-state index contributed by atoms with van der Waals surface area (Å²) < 4.78 is 0. The van der Waals surface area contributed by atoms with Gasteiger partial charge in [0, 0.05) is 11.3 Å². The van der Waals surface area contributed by atoms with Crippen molar-refractivity contribution in [1.29, 1.82) is 0 Å². The van der Waals surface area contributed by atoms with E-state index in [0.29, 0.717) is 0 Å². The average molecular weight is 284 g/mol. The quantitative estimate of drug-likeness (QED) is 0.734. The number of unbranched alkanes of at least 4 members (excludes halogenated alkanes) is 3. The van der Waals surface area contributed by atoms with E-state index in [2.05, 4.69) is 34.6 Å². The fourth-order valence-electron chi connectivity index (χ4n) is 2.41. The number of aryl methyl sites for hydroxylation is 1. The topological polar surface area (TPSA) is 50.7 Å². The molecule has 0 radical (unpaired) electrons. The molecule has 1 aromatic carbocycles. The molecule has 0 aliphatic heterocycles. The Kier molecular flexibility index (Phi) is 6.13. The molecule has 0 fully saturated rings. The van der Waals surface area contributed by atoms with Crippen LogP contribution in [0, 0.1) is 0 Å². The van der Waals surface area contributed by atoms with Crippen LogP contribution in [0.4, 0.5) is 11.5 Å². The molecule has 0 aliphatic rings. The normalized spacial score (nSPS) is 10.6. The number of aromatic nitrogens is 3. The highest BCUT2D eigenvalue weighted by molar-refractivity contribution is 5.59. The summed E-state index contributed by atoms with van der Waals surface area (Å²) in [6, 6.07) is 10.1. The van der Waals surface area contributed by atoms with Gasteiger partial charge in [0.15, 0.2) is 5.82 Å². The minimum atomic E-state index is 0.851. The Morgan fingerprint density at radius 1 is 0.952 bits per heavy atom. The van der Waals surface area contributed by atoms with E-state index in [1.165, 1.54) is 31.2 Å². The van der Waals surface area contributed by atoms with Crippen molar-refractivity contribution in [2.45, 2.75) is 52.4 Å². The lowest BCUT2D eigenvalue weighted by atomic mass is 10.0. The molecule has 0 unspecified atom stereocenters. The zero-order valence-corrected chi connectivity index (χ0v) is 13.0. The third-order valence-corrected chi connectivity index (χ3v) is 3.60. The van der Waals surface area contributed by atoms with Crippen LogP contribution in [0.15, 0.2) is 30.3 Å². The van der Waals surface area contributed by atoms with Crippen molar-refractivity contribution < 1.29 is 0 Å². The van der Waals surface area contributed by atoms with Crippen LogP contribution in [0.2, 0.25) is 0 Å². The molecule has 4 nitrogen and oxygen atoms in total. The first-order valence-electron chi connectivity index (χ1n) is 7.88. The van der Waals surface area contributed by atoms with E-state index in [4.69, 9.17) is 0 Å². The van der Waals surface area contributed by atoms with Crippen LogP contribution in [0.25, 0.3) is 0 Å². The molecule has 1 aromatic heterocycles. The maximum Gasteiger partial charge on any atom is 0.159 e. The van der Waals surface area contributed by atoms with Crippen molar-refractivity contribution in [1.82, 2.24) is 15.4 Å². The zero-order chi connectivity index (χ0) is 14.9. The fourth-order valence-corrected chi connectivity index (χ4v) is 2.41. The van der Waals surface area contributed by atoms with Gasteiger partial charge >= 0.3 is 0 Å². The minimum absolute atomic E-state index is 0.851. The van der Waals surface area contributed by atoms with Gasteiger partial charge in [-0.3, -0.25) is 0 Å².